The standard InChI is InChI=1S/C21H24BrN3S/c22-18-12-10-17(11-13-18)20-16-26-21(24-19-8-4-3-5-9-19)25(20)15-7-2-1-6-14-23/h3-5,8-13,16H,1-2,6-7,14-15,23H2. The van der Waals surface area contributed by atoms with Crippen molar-refractivity contribution in [1.82, 2.24) is 4.57 Å². The third-order valence-corrected chi connectivity index (χ3v) is 5.65. The molecule has 0 atom stereocenters. The van der Waals surface area contributed by atoms with Gasteiger partial charge in [-0.05, 0) is 49.2 Å². The molecule has 0 unspecified atom stereocenters. The molecular formula is C21H24BrN3S. The maximum absolute atomic E-state index is 5.61. The topological polar surface area (TPSA) is 43.3 Å². The summed E-state index contributed by atoms with van der Waals surface area (Å²) >= 11 is 5.22. The molecule has 3 aromatic rings. The van der Waals surface area contributed by atoms with Crippen LogP contribution in [0.2, 0.25) is 0 Å². The van der Waals surface area contributed by atoms with Crippen LogP contribution in [0, 0.1) is 0 Å². The van der Waals surface area contributed by atoms with Gasteiger partial charge in [0, 0.05) is 16.4 Å². The van der Waals surface area contributed by atoms with Crippen LogP contribution in [-0.4, -0.2) is 11.1 Å². The largest absolute Gasteiger partial charge is 0.330 e. The minimum absolute atomic E-state index is 0.782. The zero-order valence-corrected chi connectivity index (χ0v) is 17.2. The van der Waals surface area contributed by atoms with Crippen LogP contribution in [0.4, 0.5) is 5.69 Å². The molecule has 3 rings (SSSR count). The third-order valence-electron chi connectivity index (χ3n) is 4.25. The Bertz CT molecular complexity index is 866. The lowest BCUT2D eigenvalue weighted by Crippen LogP contribution is -2.16. The number of thiazole rings is 1. The van der Waals surface area contributed by atoms with E-state index in [1.165, 1.54) is 24.1 Å². The lowest BCUT2D eigenvalue weighted by atomic mass is 10.1. The van der Waals surface area contributed by atoms with Crippen molar-refractivity contribution in [3.8, 4) is 11.3 Å². The van der Waals surface area contributed by atoms with E-state index in [0.717, 1.165) is 40.9 Å². The Morgan fingerprint density at radius 1 is 0.923 bits per heavy atom. The summed E-state index contributed by atoms with van der Waals surface area (Å²) in [5.74, 6) is 0. The molecule has 26 heavy (non-hydrogen) atoms. The molecule has 1 heterocycles. The van der Waals surface area contributed by atoms with Crippen LogP contribution in [0.15, 0.2) is 69.4 Å². The molecule has 0 saturated carbocycles. The highest BCUT2D eigenvalue weighted by Crippen LogP contribution is 2.23. The van der Waals surface area contributed by atoms with Gasteiger partial charge in [-0.1, -0.05) is 59.1 Å². The molecule has 0 radical (unpaired) electrons. The summed E-state index contributed by atoms with van der Waals surface area (Å²) in [7, 11) is 0. The number of rotatable bonds is 8. The summed E-state index contributed by atoms with van der Waals surface area (Å²) in [6.07, 6.45) is 4.64. The Morgan fingerprint density at radius 3 is 2.38 bits per heavy atom. The molecule has 136 valence electrons. The number of unbranched alkanes of at least 4 members (excludes halogenated alkanes) is 3. The summed E-state index contributed by atoms with van der Waals surface area (Å²) < 4.78 is 3.45. The molecule has 0 fully saturated rings. The lowest BCUT2D eigenvalue weighted by Gasteiger charge is -2.09. The lowest BCUT2D eigenvalue weighted by molar-refractivity contribution is 0.570. The van der Waals surface area contributed by atoms with Crippen molar-refractivity contribution in [3.63, 3.8) is 0 Å². The van der Waals surface area contributed by atoms with Crippen LogP contribution >= 0.6 is 27.3 Å². The third kappa shape index (κ3) is 5.16. The van der Waals surface area contributed by atoms with Crippen molar-refractivity contribution in [3.05, 3.63) is 69.3 Å². The summed E-state index contributed by atoms with van der Waals surface area (Å²) in [6.45, 7) is 1.76. The number of hydrogen-bond donors (Lipinski definition) is 1. The van der Waals surface area contributed by atoms with E-state index in [1.807, 2.05) is 30.3 Å². The van der Waals surface area contributed by atoms with Crippen molar-refractivity contribution in [2.24, 2.45) is 10.7 Å². The fourth-order valence-corrected chi connectivity index (χ4v) is 4.09. The summed E-state index contributed by atoms with van der Waals surface area (Å²) in [6, 6.07) is 18.7. The normalized spacial score (nSPS) is 11.8. The zero-order valence-electron chi connectivity index (χ0n) is 14.8. The van der Waals surface area contributed by atoms with Crippen LogP contribution in [0.3, 0.4) is 0 Å². The first-order valence-electron chi connectivity index (χ1n) is 9.02. The summed E-state index contributed by atoms with van der Waals surface area (Å²) in [4.78, 5) is 5.92. The second-order valence-corrected chi connectivity index (χ2v) is 7.96. The van der Waals surface area contributed by atoms with E-state index < -0.39 is 0 Å². The summed E-state index contributed by atoms with van der Waals surface area (Å²) in [5.41, 5.74) is 9.05. The van der Waals surface area contributed by atoms with Crippen LogP contribution < -0.4 is 10.5 Å². The van der Waals surface area contributed by atoms with Crippen LogP contribution in [0.1, 0.15) is 25.7 Å². The fourth-order valence-electron chi connectivity index (χ4n) is 2.87. The quantitative estimate of drug-likeness (QED) is 0.456. The molecule has 5 heteroatoms. The maximum atomic E-state index is 5.61. The molecular weight excluding hydrogens is 406 g/mol. The van der Waals surface area contributed by atoms with Crippen molar-refractivity contribution in [1.29, 1.82) is 0 Å². The Hall–Kier alpha value is -1.69. The average molecular weight is 430 g/mol. The van der Waals surface area contributed by atoms with Crippen molar-refractivity contribution in [2.75, 3.05) is 6.54 Å². The minimum atomic E-state index is 0.782. The number of nitrogens with zero attached hydrogens (tertiary/aromatic N) is 2. The average Bonchev–Trinajstić information content (AvgIpc) is 3.05. The minimum Gasteiger partial charge on any atom is -0.330 e. The second-order valence-electron chi connectivity index (χ2n) is 6.21. The molecule has 2 N–H and O–H groups in total. The van der Waals surface area contributed by atoms with Gasteiger partial charge in [-0.2, -0.15) is 0 Å². The van der Waals surface area contributed by atoms with E-state index >= 15 is 0 Å². The van der Waals surface area contributed by atoms with Gasteiger partial charge in [0.2, 0.25) is 0 Å². The Balaban J connectivity index is 1.91. The van der Waals surface area contributed by atoms with Gasteiger partial charge >= 0.3 is 0 Å². The highest BCUT2D eigenvalue weighted by atomic mass is 79.9. The van der Waals surface area contributed by atoms with Gasteiger partial charge < -0.3 is 10.3 Å². The van der Waals surface area contributed by atoms with Gasteiger partial charge in [0.25, 0.3) is 0 Å². The van der Waals surface area contributed by atoms with Gasteiger partial charge in [0.05, 0.1) is 11.4 Å². The number of halogens is 1. The van der Waals surface area contributed by atoms with Crippen LogP contribution in [0.25, 0.3) is 11.3 Å². The number of benzene rings is 2. The van der Waals surface area contributed by atoms with E-state index in [4.69, 9.17) is 10.7 Å². The second kappa shape index (κ2) is 9.86. The molecule has 0 amide bonds. The molecule has 0 aliphatic heterocycles. The molecule has 0 bridgehead atoms. The Labute approximate surface area is 167 Å². The van der Waals surface area contributed by atoms with Crippen molar-refractivity contribution in [2.45, 2.75) is 32.2 Å². The molecule has 1 aromatic heterocycles. The predicted octanol–water partition coefficient (Wildman–Crippen LogP) is 5.73. The zero-order chi connectivity index (χ0) is 18.2. The number of hydrogen-bond acceptors (Lipinski definition) is 3. The van der Waals surface area contributed by atoms with Crippen LogP contribution in [-0.2, 0) is 6.54 Å². The van der Waals surface area contributed by atoms with Gasteiger partial charge in [-0.3, -0.25) is 0 Å². The van der Waals surface area contributed by atoms with E-state index in [0.29, 0.717) is 0 Å². The van der Waals surface area contributed by atoms with Gasteiger partial charge in [0.1, 0.15) is 0 Å². The molecule has 0 aliphatic carbocycles. The SMILES string of the molecule is NCCCCCCn1c(-c2ccc(Br)cc2)csc1=Nc1ccccc1. The van der Waals surface area contributed by atoms with Crippen molar-refractivity contribution < 1.29 is 0 Å². The number of para-hydroxylation sites is 1. The highest BCUT2D eigenvalue weighted by molar-refractivity contribution is 9.10. The number of aromatic nitrogens is 1. The van der Waals surface area contributed by atoms with Crippen molar-refractivity contribution >= 4 is 33.0 Å². The number of nitrogens with two attached hydrogens (primary N) is 1. The van der Waals surface area contributed by atoms with Crippen LogP contribution in [0.5, 0.6) is 0 Å². The first kappa shape index (κ1) is 19.1. The van der Waals surface area contributed by atoms with Gasteiger partial charge in [-0.25, -0.2) is 4.99 Å². The molecule has 0 saturated heterocycles. The first-order valence-corrected chi connectivity index (χ1v) is 10.7. The monoisotopic (exact) mass is 429 g/mol. The fraction of sp³-hybridized carbons (Fsp3) is 0.286. The molecule has 0 aliphatic rings. The van der Waals surface area contributed by atoms with E-state index in [1.54, 1.807) is 11.3 Å². The Kier molecular flexibility index (Phi) is 7.23. The summed E-state index contributed by atoms with van der Waals surface area (Å²) in [5, 5.41) is 2.21. The molecule has 0 spiro atoms. The predicted molar refractivity (Wildman–Crippen MR) is 115 cm³/mol. The highest BCUT2D eigenvalue weighted by Gasteiger charge is 2.08. The van der Waals surface area contributed by atoms with Gasteiger partial charge in [0.15, 0.2) is 4.80 Å². The van der Waals surface area contributed by atoms with E-state index in [-0.39, 0.29) is 0 Å². The smallest absolute Gasteiger partial charge is 0.190 e. The first-order chi connectivity index (χ1) is 12.8. The molecule has 2 aromatic carbocycles. The maximum Gasteiger partial charge on any atom is 0.190 e. The molecule has 3 nitrogen and oxygen atoms in total. The Morgan fingerprint density at radius 2 is 1.65 bits per heavy atom. The van der Waals surface area contributed by atoms with Gasteiger partial charge in [-0.15, -0.1) is 11.3 Å². The van der Waals surface area contributed by atoms with E-state index in [9.17, 15) is 0 Å². The van der Waals surface area contributed by atoms with E-state index in [2.05, 4.69) is 50.1 Å².